The number of ether oxygens (including phenoxy) is 1. The average molecular weight is 619 g/mol. The number of piperazine rings is 1. The van der Waals surface area contributed by atoms with E-state index in [0.29, 0.717) is 30.0 Å². The summed E-state index contributed by atoms with van der Waals surface area (Å²) >= 11 is 2.99. The lowest BCUT2D eigenvalue weighted by molar-refractivity contribution is -0.137. The largest absolute Gasteiger partial charge is 0.420 e. The Kier molecular flexibility index (Phi) is 7.37. The van der Waals surface area contributed by atoms with Crippen molar-refractivity contribution in [3.8, 4) is 10.6 Å². The van der Waals surface area contributed by atoms with Gasteiger partial charge in [-0.3, -0.25) is 4.90 Å². The zero-order valence-corrected chi connectivity index (χ0v) is 24.9. The highest BCUT2D eigenvalue weighted by Crippen LogP contribution is 2.57. The molecule has 4 aliphatic rings. The van der Waals surface area contributed by atoms with Gasteiger partial charge < -0.3 is 20.1 Å². The Bertz CT molecular complexity index is 1480. The first kappa shape index (κ1) is 28.3. The molecule has 2 aliphatic heterocycles. The molecule has 2 saturated carbocycles. The number of aromatic nitrogens is 3. The van der Waals surface area contributed by atoms with E-state index in [1.54, 1.807) is 11.8 Å². The summed E-state index contributed by atoms with van der Waals surface area (Å²) in [5, 5.41) is 12.6. The molecule has 1 spiro atoms. The quantitative estimate of drug-likeness (QED) is 0.339. The summed E-state index contributed by atoms with van der Waals surface area (Å²) in [6, 6.07) is 6.03. The first-order chi connectivity index (χ1) is 20.2. The summed E-state index contributed by atoms with van der Waals surface area (Å²) in [5.41, 5.74) is 0.327. The number of halogens is 3. The van der Waals surface area contributed by atoms with E-state index >= 15 is 0 Å². The standard InChI is InChI=1S/C29H33F3N6O2S2/c1-17-16-38(9-8-37(17)10-11-39)23-5-4-20(24(35-23)18-2-3-18)34-27-33-15-19(29(30,31)32)25(36-27)21-14-22-26(42-21)28(6-7-28)40-12-13-41-22/h4-5,14-15,17-18,39H,2-3,6-13,16H2,1H3,(H,33,34,36). The number of aliphatic hydroxyl groups is 1. The number of alkyl halides is 3. The van der Waals surface area contributed by atoms with Gasteiger partial charge in [0.05, 0.1) is 40.0 Å². The Hall–Kier alpha value is -2.45. The zero-order chi connectivity index (χ0) is 29.1. The van der Waals surface area contributed by atoms with Crippen LogP contribution in [-0.4, -0.2) is 76.1 Å². The minimum Gasteiger partial charge on any atom is -0.395 e. The molecule has 1 atom stereocenters. The smallest absolute Gasteiger partial charge is 0.395 e. The maximum absolute atomic E-state index is 14.1. The lowest BCUT2D eigenvalue weighted by Gasteiger charge is -2.40. The lowest BCUT2D eigenvalue weighted by atomic mass is 10.1. The van der Waals surface area contributed by atoms with Gasteiger partial charge in [0.15, 0.2) is 0 Å². The molecule has 7 rings (SSSR count). The molecule has 3 fully saturated rings. The van der Waals surface area contributed by atoms with Crippen LogP contribution in [0, 0.1) is 0 Å². The van der Waals surface area contributed by atoms with Gasteiger partial charge in [-0.05, 0) is 50.8 Å². The highest BCUT2D eigenvalue weighted by atomic mass is 32.2. The first-order valence-electron chi connectivity index (χ1n) is 14.5. The maximum Gasteiger partial charge on any atom is 0.420 e. The van der Waals surface area contributed by atoms with E-state index in [1.165, 1.54) is 11.3 Å². The third kappa shape index (κ3) is 5.49. The number of hydrogen-bond donors (Lipinski definition) is 2. The fraction of sp³-hybridized carbons (Fsp3) is 0.552. The van der Waals surface area contributed by atoms with Crippen LogP contribution in [-0.2, 0) is 16.5 Å². The van der Waals surface area contributed by atoms with Crippen molar-refractivity contribution in [2.75, 3.05) is 55.4 Å². The maximum atomic E-state index is 14.1. The van der Waals surface area contributed by atoms with E-state index in [4.69, 9.17) is 9.72 Å². The number of pyridine rings is 1. The van der Waals surface area contributed by atoms with Gasteiger partial charge in [-0.2, -0.15) is 13.2 Å². The first-order valence-corrected chi connectivity index (χ1v) is 16.3. The second kappa shape index (κ2) is 10.9. The Morgan fingerprint density at radius 2 is 2.02 bits per heavy atom. The monoisotopic (exact) mass is 618 g/mol. The van der Waals surface area contributed by atoms with Crippen LogP contribution in [0.15, 0.2) is 29.3 Å². The second-order valence-electron chi connectivity index (χ2n) is 11.5. The highest BCUT2D eigenvalue weighted by Gasteiger charge is 2.50. The highest BCUT2D eigenvalue weighted by molar-refractivity contribution is 7.99. The number of fused-ring (bicyclic) bond motifs is 2. The summed E-state index contributed by atoms with van der Waals surface area (Å²) in [6.45, 7) is 6.08. The van der Waals surface area contributed by atoms with Gasteiger partial charge >= 0.3 is 6.18 Å². The molecule has 5 heterocycles. The fourth-order valence-electron chi connectivity index (χ4n) is 5.89. The van der Waals surface area contributed by atoms with Crippen LogP contribution >= 0.6 is 23.1 Å². The van der Waals surface area contributed by atoms with Gasteiger partial charge in [0.25, 0.3) is 0 Å². The summed E-state index contributed by atoms with van der Waals surface area (Å²) < 4.78 is 48.5. The van der Waals surface area contributed by atoms with Crippen molar-refractivity contribution in [2.45, 2.75) is 61.2 Å². The predicted molar refractivity (Wildman–Crippen MR) is 158 cm³/mol. The van der Waals surface area contributed by atoms with Crippen LogP contribution in [0.5, 0.6) is 0 Å². The Morgan fingerprint density at radius 1 is 1.19 bits per heavy atom. The number of thiophene rings is 1. The average Bonchev–Trinajstić information content (AvgIpc) is 3.91. The van der Waals surface area contributed by atoms with Gasteiger partial charge in [-0.25, -0.2) is 15.0 Å². The number of aliphatic hydroxyl groups excluding tert-OH is 1. The molecule has 8 nitrogen and oxygen atoms in total. The molecule has 0 radical (unpaired) electrons. The molecule has 3 aromatic heterocycles. The van der Waals surface area contributed by atoms with Gasteiger partial charge in [-0.15, -0.1) is 23.1 Å². The number of nitrogens with one attached hydrogen (secondary N) is 1. The van der Waals surface area contributed by atoms with Crippen LogP contribution in [0.2, 0.25) is 0 Å². The summed E-state index contributed by atoms with van der Waals surface area (Å²) in [7, 11) is 0. The lowest BCUT2D eigenvalue weighted by Crippen LogP contribution is -2.52. The Morgan fingerprint density at radius 3 is 2.74 bits per heavy atom. The number of rotatable bonds is 7. The van der Waals surface area contributed by atoms with E-state index in [0.717, 1.165) is 84.2 Å². The minimum absolute atomic E-state index is 0.109. The Balaban J connectivity index is 1.19. The third-order valence-electron chi connectivity index (χ3n) is 8.46. The van der Waals surface area contributed by atoms with Crippen LogP contribution < -0.4 is 10.2 Å². The number of hydrogen-bond acceptors (Lipinski definition) is 10. The van der Waals surface area contributed by atoms with E-state index in [9.17, 15) is 18.3 Å². The SMILES string of the molecule is CC1CN(c2ccc(Nc3ncc(C(F)(F)F)c(-c4cc5c(s4)C4(CC4)OCCS5)n3)c(C3CC3)n2)CCN1CCO. The Labute approximate surface area is 250 Å². The van der Waals surface area contributed by atoms with Crippen molar-refractivity contribution in [3.63, 3.8) is 0 Å². The zero-order valence-electron chi connectivity index (χ0n) is 23.3. The van der Waals surface area contributed by atoms with Crippen molar-refractivity contribution in [1.29, 1.82) is 0 Å². The summed E-state index contributed by atoms with van der Waals surface area (Å²) in [6.07, 6.45) is 0.135. The van der Waals surface area contributed by atoms with Crippen LogP contribution in [0.4, 0.5) is 30.6 Å². The van der Waals surface area contributed by atoms with Crippen molar-refractivity contribution >= 4 is 40.6 Å². The number of anilines is 3. The molecule has 2 N–H and O–H groups in total. The molecule has 0 aromatic carbocycles. The molecule has 1 saturated heterocycles. The van der Waals surface area contributed by atoms with Crippen molar-refractivity contribution in [3.05, 3.63) is 40.5 Å². The van der Waals surface area contributed by atoms with E-state index in [1.807, 2.05) is 18.2 Å². The molecule has 0 amide bonds. The van der Waals surface area contributed by atoms with Crippen LogP contribution in [0.1, 0.15) is 54.7 Å². The molecule has 1 unspecified atom stereocenters. The number of β-amino-alcohol motifs (C(OH)–C–C–N with tert-alkyl or cyclic N) is 1. The van der Waals surface area contributed by atoms with Crippen LogP contribution in [0.3, 0.4) is 0 Å². The van der Waals surface area contributed by atoms with E-state index in [-0.39, 0.29) is 23.9 Å². The van der Waals surface area contributed by atoms with Gasteiger partial charge in [-0.1, -0.05) is 0 Å². The molecule has 42 heavy (non-hydrogen) atoms. The summed E-state index contributed by atoms with van der Waals surface area (Å²) in [5.74, 6) is 2.09. The normalized spacial score (nSPS) is 22.2. The fourth-order valence-corrected chi connectivity index (χ4v) is 8.43. The molecule has 0 bridgehead atoms. The van der Waals surface area contributed by atoms with Crippen molar-refractivity contribution in [2.24, 2.45) is 0 Å². The van der Waals surface area contributed by atoms with E-state index < -0.39 is 11.7 Å². The molecule has 224 valence electrons. The van der Waals surface area contributed by atoms with Gasteiger partial charge in [0, 0.05) is 55.0 Å². The van der Waals surface area contributed by atoms with E-state index in [2.05, 4.69) is 32.0 Å². The van der Waals surface area contributed by atoms with Gasteiger partial charge in [0.1, 0.15) is 17.0 Å². The molecular formula is C29H33F3N6O2S2. The van der Waals surface area contributed by atoms with Crippen LogP contribution in [0.25, 0.3) is 10.6 Å². The van der Waals surface area contributed by atoms with Crippen molar-refractivity contribution in [1.82, 2.24) is 19.9 Å². The molecule has 2 aliphatic carbocycles. The minimum atomic E-state index is -4.59. The number of thioether (sulfide) groups is 1. The van der Waals surface area contributed by atoms with Crippen molar-refractivity contribution < 1.29 is 23.0 Å². The second-order valence-corrected chi connectivity index (χ2v) is 13.7. The molecular weight excluding hydrogens is 585 g/mol. The summed E-state index contributed by atoms with van der Waals surface area (Å²) in [4.78, 5) is 20.6. The predicted octanol–water partition coefficient (Wildman–Crippen LogP) is 5.85. The van der Waals surface area contributed by atoms with Gasteiger partial charge in [0.2, 0.25) is 5.95 Å². The molecule has 13 heteroatoms. The third-order valence-corrected chi connectivity index (χ3v) is 10.9. The molecule has 3 aromatic rings. The topological polar surface area (TPSA) is 86.6 Å². The number of nitrogens with zero attached hydrogens (tertiary/aromatic N) is 5.